The van der Waals surface area contributed by atoms with E-state index in [0.29, 0.717) is 11.8 Å². The summed E-state index contributed by atoms with van der Waals surface area (Å²) in [6.07, 6.45) is 11.1. The summed E-state index contributed by atoms with van der Waals surface area (Å²) >= 11 is 0. The first kappa shape index (κ1) is 21.9. The van der Waals surface area contributed by atoms with Crippen LogP contribution in [0.1, 0.15) is 91.9 Å². The van der Waals surface area contributed by atoms with E-state index in [2.05, 4.69) is 33.0 Å². The van der Waals surface area contributed by atoms with Crippen molar-refractivity contribution in [1.82, 2.24) is 5.32 Å². The normalized spacial score (nSPS) is 15.0. The van der Waals surface area contributed by atoms with Crippen LogP contribution in [0, 0.1) is 11.8 Å². The molecule has 0 fully saturated rings. The molecule has 0 heterocycles. The van der Waals surface area contributed by atoms with Crippen LogP contribution in [0.2, 0.25) is 0 Å². The highest BCUT2D eigenvalue weighted by Gasteiger charge is 2.23. The minimum Gasteiger partial charge on any atom is -0.474 e. The Labute approximate surface area is 142 Å². The molecule has 0 saturated carbocycles. The molecule has 2 atom stereocenters. The maximum Gasteiger partial charge on any atom is 0.394 e. The molecule has 23 heavy (non-hydrogen) atoms. The number of carboxylic acid groups (broad SMARTS) is 1. The predicted molar refractivity (Wildman–Crippen MR) is 95.4 cm³/mol. The molecule has 0 aromatic heterocycles. The fourth-order valence-corrected chi connectivity index (χ4v) is 3.23. The van der Waals surface area contributed by atoms with Crippen LogP contribution in [0.25, 0.3) is 0 Å². The van der Waals surface area contributed by atoms with Crippen LogP contribution in [-0.4, -0.2) is 23.0 Å². The largest absolute Gasteiger partial charge is 0.474 e. The Morgan fingerprint density at radius 2 is 1.30 bits per heavy atom. The van der Waals surface area contributed by atoms with Gasteiger partial charge in [-0.05, 0) is 24.7 Å². The Balaban J connectivity index is 4.76. The summed E-state index contributed by atoms with van der Waals surface area (Å²) in [6.45, 7) is 8.75. The van der Waals surface area contributed by atoms with Crippen molar-refractivity contribution in [2.45, 2.75) is 97.9 Å². The molecule has 0 aromatic carbocycles. The number of hydrogen-bond donors (Lipinski definition) is 2. The molecule has 0 radical (unpaired) electrons. The zero-order valence-corrected chi connectivity index (χ0v) is 15.6. The second-order valence-corrected chi connectivity index (χ2v) is 6.78. The number of amides is 1. The van der Waals surface area contributed by atoms with E-state index in [1.165, 1.54) is 25.7 Å². The average molecular weight is 328 g/mol. The third-order valence-electron chi connectivity index (χ3n) is 4.85. The molecule has 1 amide bonds. The number of carboxylic acids is 1. The zero-order valence-electron chi connectivity index (χ0n) is 15.6. The fourth-order valence-electron chi connectivity index (χ4n) is 3.23. The van der Waals surface area contributed by atoms with Crippen LogP contribution in [-0.2, 0) is 9.59 Å². The molecule has 0 rings (SSSR count). The van der Waals surface area contributed by atoms with Gasteiger partial charge in [-0.2, -0.15) is 0 Å². The van der Waals surface area contributed by atoms with E-state index in [1.807, 2.05) is 0 Å². The topological polar surface area (TPSA) is 66.4 Å². The van der Waals surface area contributed by atoms with E-state index in [4.69, 9.17) is 5.11 Å². The third-order valence-corrected chi connectivity index (χ3v) is 4.85. The van der Waals surface area contributed by atoms with Gasteiger partial charge < -0.3 is 10.4 Å². The molecule has 0 aliphatic rings. The Bertz CT molecular complexity index is 313. The minimum absolute atomic E-state index is 0.0118. The molecule has 0 aliphatic carbocycles. The number of rotatable bonds is 13. The molecule has 0 aromatic rings. The lowest BCUT2D eigenvalue weighted by molar-refractivity contribution is -0.150. The molecule has 4 heteroatoms. The molecule has 2 unspecified atom stereocenters. The molecular weight excluding hydrogens is 290 g/mol. The van der Waals surface area contributed by atoms with Crippen LogP contribution in [0.5, 0.6) is 0 Å². The van der Waals surface area contributed by atoms with Crippen LogP contribution < -0.4 is 5.32 Å². The van der Waals surface area contributed by atoms with Gasteiger partial charge in [0.15, 0.2) is 0 Å². The molecule has 136 valence electrons. The smallest absolute Gasteiger partial charge is 0.394 e. The van der Waals surface area contributed by atoms with Crippen LogP contribution in [0.4, 0.5) is 0 Å². The maximum atomic E-state index is 11.6. The van der Waals surface area contributed by atoms with Gasteiger partial charge in [-0.1, -0.05) is 79.1 Å². The van der Waals surface area contributed by atoms with Gasteiger partial charge in [-0.3, -0.25) is 4.79 Å². The van der Waals surface area contributed by atoms with Gasteiger partial charge in [-0.25, -0.2) is 4.79 Å². The van der Waals surface area contributed by atoms with E-state index < -0.39 is 11.9 Å². The lowest BCUT2D eigenvalue weighted by Gasteiger charge is -2.27. The Kier molecular flexibility index (Phi) is 12.8. The average Bonchev–Trinajstić information content (AvgIpc) is 2.54. The van der Waals surface area contributed by atoms with Crippen molar-refractivity contribution in [1.29, 1.82) is 0 Å². The number of nitrogens with one attached hydrogen (secondary N) is 1. The van der Waals surface area contributed by atoms with Crippen molar-refractivity contribution in [3.8, 4) is 0 Å². The highest BCUT2D eigenvalue weighted by molar-refractivity contribution is 6.31. The Morgan fingerprint density at radius 1 is 0.870 bits per heavy atom. The number of carbonyl (C=O) groups excluding carboxylic acids is 1. The molecular formula is C19H37NO3. The zero-order chi connectivity index (χ0) is 17.7. The van der Waals surface area contributed by atoms with E-state index in [1.54, 1.807) is 0 Å². The molecule has 4 nitrogen and oxygen atoms in total. The van der Waals surface area contributed by atoms with Crippen LogP contribution >= 0.6 is 0 Å². The Morgan fingerprint density at radius 3 is 1.61 bits per heavy atom. The second kappa shape index (κ2) is 13.4. The van der Waals surface area contributed by atoms with Crippen molar-refractivity contribution in [2.24, 2.45) is 11.8 Å². The molecule has 0 aliphatic heterocycles. The van der Waals surface area contributed by atoms with Gasteiger partial charge in [0.2, 0.25) is 0 Å². The highest BCUT2D eigenvalue weighted by atomic mass is 16.4. The number of aliphatic carboxylic acids is 1. The molecule has 2 N–H and O–H groups in total. The molecule has 0 spiro atoms. The predicted octanol–water partition coefficient (Wildman–Crippen LogP) is 4.77. The summed E-state index contributed by atoms with van der Waals surface area (Å²) in [6, 6.07) is -0.0118. The third kappa shape index (κ3) is 10.4. The minimum atomic E-state index is -1.38. The summed E-state index contributed by atoms with van der Waals surface area (Å²) in [7, 11) is 0. The van der Waals surface area contributed by atoms with E-state index in [0.717, 1.165) is 38.5 Å². The van der Waals surface area contributed by atoms with Crippen molar-refractivity contribution in [2.75, 3.05) is 0 Å². The molecule has 0 bridgehead atoms. The van der Waals surface area contributed by atoms with Gasteiger partial charge in [0, 0.05) is 6.04 Å². The quantitative estimate of drug-likeness (QED) is 0.479. The molecule has 0 saturated heterocycles. The second-order valence-electron chi connectivity index (χ2n) is 6.78. The summed E-state index contributed by atoms with van der Waals surface area (Å²) in [5.41, 5.74) is 0. The maximum absolute atomic E-state index is 11.6. The van der Waals surface area contributed by atoms with Crippen molar-refractivity contribution < 1.29 is 14.7 Å². The van der Waals surface area contributed by atoms with Gasteiger partial charge in [0.1, 0.15) is 0 Å². The van der Waals surface area contributed by atoms with Gasteiger partial charge in [0.25, 0.3) is 0 Å². The van der Waals surface area contributed by atoms with Crippen molar-refractivity contribution in [3.63, 3.8) is 0 Å². The standard InChI is InChI=1S/C19H37NO3/c1-5-9-11-15(7-3)13-17(20-18(21)19(22)23)14-16(8-4)12-10-6-2/h15-17H,5-14H2,1-4H3,(H,20,21)(H,22,23). The number of unbranched alkanes of at least 4 members (excludes halogenated alkanes) is 2. The lowest BCUT2D eigenvalue weighted by Crippen LogP contribution is -2.41. The van der Waals surface area contributed by atoms with E-state index in [-0.39, 0.29) is 6.04 Å². The summed E-state index contributed by atoms with van der Waals surface area (Å²) in [4.78, 5) is 22.5. The Hall–Kier alpha value is -1.06. The SMILES string of the molecule is CCCCC(CC)CC(CC(CC)CCCC)NC(=O)C(=O)O. The van der Waals surface area contributed by atoms with Crippen molar-refractivity contribution in [3.05, 3.63) is 0 Å². The van der Waals surface area contributed by atoms with Gasteiger partial charge in [-0.15, -0.1) is 0 Å². The number of carbonyl (C=O) groups is 2. The van der Waals surface area contributed by atoms with E-state index >= 15 is 0 Å². The summed E-state index contributed by atoms with van der Waals surface area (Å²) in [5.74, 6) is -1.10. The number of hydrogen-bond acceptors (Lipinski definition) is 2. The van der Waals surface area contributed by atoms with Gasteiger partial charge >= 0.3 is 11.9 Å². The first-order valence-corrected chi connectivity index (χ1v) is 9.51. The van der Waals surface area contributed by atoms with Gasteiger partial charge in [0.05, 0.1) is 0 Å². The summed E-state index contributed by atoms with van der Waals surface area (Å²) in [5, 5.41) is 11.6. The van der Waals surface area contributed by atoms with Crippen molar-refractivity contribution >= 4 is 11.9 Å². The first-order chi connectivity index (χ1) is 11.0. The summed E-state index contributed by atoms with van der Waals surface area (Å²) < 4.78 is 0. The monoisotopic (exact) mass is 327 g/mol. The van der Waals surface area contributed by atoms with Crippen LogP contribution in [0.3, 0.4) is 0 Å². The van der Waals surface area contributed by atoms with Crippen LogP contribution in [0.15, 0.2) is 0 Å². The lowest BCUT2D eigenvalue weighted by atomic mass is 9.85. The van der Waals surface area contributed by atoms with E-state index in [9.17, 15) is 9.59 Å². The highest BCUT2D eigenvalue weighted by Crippen LogP contribution is 2.25. The fraction of sp³-hybridized carbons (Fsp3) is 0.895. The first-order valence-electron chi connectivity index (χ1n) is 9.51.